The normalized spacial score (nSPS) is 30.8. The van der Waals surface area contributed by atoms with Crippen LogP contribution in [0.1, 0.15) is 19.8 Å². The molecule has 2 unspecified atom stereocenters. The summed E-state index contributed by atoms with van der Waals surface area (Å²) in [7, 11) is 1.75. The van der Waals surface area contributed by atoms with Crippen molar-refractivity contribution in [2.45, 2.75) is 25.9 Å². The second kappa shape index (κ2) is 4.42. The van der Waals surface area contributed by atoms with E-state index in [1.807, 2.05) is 0 Å². The quantitative estimate of drug-likeness (QED) is 0.272. The second-order valence-corrected chi connectivity index (χ2v) is 2.97. The fourth-order valence-electron chi connectivity index (χ4n) is 1.70. The van der Waals surface area contributed by atoms with Crippen LogP contribution in [0.15, 0.2) is 4.99 Å². The number of aliphatic imine (C=N–C) groups is 1. The van der Waals surface area contributed by atoms with Crippen molar-refractivity contribution in [2.75, 3.05) is 13.7 Å². The minimum absolute atomic E-state index is 0.291. The van der Waals surface area contributed by atoms with Gasteiger partial charge in [-0.15, -0.1) is 0 Å². The van der Waals surface area contributed by atoms with Crippen molar-refractivity contribution >= 4 is 5.84 Å². The topological polar surface area (TPSA) is 59.6 Å². The molecule has 1 fully saturated rings. The number of nitrogens with one attached hydrogen (secondary N) is 1. The van der Waals surface area contributed by atoms with E-state index in [1.165, 1.54) is 0 Å². The van der Waals surface area contributed by atoms with Crippen LogP contribution in [-0.2, 0) is 4.74 Å². The lowest BCUT2D eigenvalue weighted by atomic mass is 9.98. The predicted molar refractivity (Wildman–Crippen MR) is 48.8 cm³/mol. The summed E-state index contributed by atoms with van der Waals surface area (Å²) in [5.74, 6) is 6.57. The predicted octanol–water partition coefficient (Wildman–Crippen LogP) is 0.293. The lowest BCUT2D eigenvalue weighted by Gasteiger charge is -2.17. The van der Waals surface area contributed by atoms with E-state index in [0.29, 0.717) is 12.0 Å². The number of hydrogen-bond acceptors (Lipinski definition) is 3. The van der Waals surface area contributed by atoms with Gasteiger partial charge in [0, 0.05) is 19.6 Å². The molecule has 1 rings (SSSR count). The first-order valence-corrected chi connectivity index (χ1v) is 4.38. The third-order valence-corrected chi connectivity index (χ3v) is 2.35. The van der Waals surface area contributed by atoms with Crippen LogP contribution in [0, 0.1) is 5.92 Å². The van der Waals surface area contributed by atoms with Gasteiger partial charge in [0.1, 0.15) is 5.84 Å². The van der Waals surface area contributed by atoms with Crippen LogP contribution in [0.5, 0.6) is 0 Å². The molecule has 3 N–H and O–H groups in total. The largest absolute Gasteiger partial charge is 0.377 e. The lowest BCUT2D eigenvalue weighted by molar-refractivity contribution is 0.0984. The maximum absolute atomic E-state index is 5.52. The first kappa shape index (κ1) is 9.48. The van der Waals surface area contributed by atoms with E-state index in [4.69, 9.17) is 10.6 Å². The molecule has 0 spiro atoms. The van der Waals surface area contributed by atoms with Crippen molar-refractivity contribution in [1.29, 1.82) is 0 Å². The van der Waals surface area contributed by atoms with Crippen molar-refractivity contribution < 1.29 is 4.74 Å². The van der Waals surface area contributed by atoms with Gasteiger partial charge in [-0.1, -0.05) is 6.92 Å². The van der Waals surface area contributed by atoms with Gasteiger partial charge >= 0.3 is 0 Å². The molecule has 0 aromatic carbocycles. The van der Waals surface area contributed by atoms with Gasteiger partial charge in [-0.2, -0.15) is 0 Å². The van der Waals surface area contributed by atoms with Gasteiger partial charge in [-0.25, -0.2) is 5.84 Å². The molecular weight excluding hydrogens is 154 g/mol. The zero-order valence-corrected chi connectivity index (χ0v) is 7.71. The summed E-state index contributed by atoms with van der Waals surface area (Å²) in [6.45, 7) is 2.94. The number of hydrazine groups is 1. The monoisotopic (exact) mass is 171 g/mol. The van der Waals surface area contributed by atoms with E-state index in [-0.39, 0.29) is 0 Å². The highest BCUT2D eigenvalue weighted by molar-refractivity contribution is 5.84. The van der Waals surface area contributed by atoms with Crippen LogP contribution >= 0.6 is 0 Å². The highest BCUT2D eigenvalue weighted by Crippen LogP contribution is 2.23. The smallest absolute Gasteiger partial charge is 0.116 e. The number of nitrogens with zero attached hydrogens (tertiary/aromatic N) is 1. The highest BCUT2D eigenvalue weighted by Gasteiger charge is 2.30. The lowest BCUT2D eigenvalue weighted by Crippen LogP contribution is -2.39. The Morgan fingerprint density at radius 1 is 1.75 bits per heavy atom. The van der Waals surface area contributed by atoms with E-state index < -0.39 is 0 Å². The molecule has 0 aromatic rings. The molecule has 0 aliphatic carbocycles. The van der Waals surface area contributed by atoms with Crippen LogP contribution in [0.3, 0.4) is 0 Å². The summed E-state index contributed by atoms with van der Waals surface area (Å²) in [6, 6.07) is 0. The van der Waals surface area contributed by atoms with E-state index in [9.17, 15) is 0 Å². The maximum atomic E-state index is 5.52. The summed E-state index contributed by atoms with van der Waals surface area (Å²) < 4.78 is 5.52. The molecule has 1 aliphatic rings. The van der Waals surface area contributed by atoms with Gasteiger partial charge in [0.2, 0.25) is 0 Å². The SMILES string of the molecule is CCC1OCCC1C(=NC)NN. The Morgan fingerprint density at radius 3 is 3.00 bits per heavy atom. The fraction of sp³-hybridized carbons (Fsp3) is 0.875. The summed E-state index contributed by atoms with van der Waals surface area (Å²) >= 11 is 0. The van der Waals surface area contributed by atoms with E-state index in [1.54, 1.807) is 7.05 Å². The van der Waals surface area contributed by atoms with Gasteiger partial charge in [0.15, 0.2) is 0 Å². The molecule has 0 radical (unpaired) electrons. The Labute approximate surface area is 73.2 Å². The molecule has 4 heteroatoms. The minimum atomic E-state index is 0.291. The molecule has 0 aromatic heterocycles. The molecule has 1 heterocycles. The molecule has 1 saturated heterocycles. The van der Waals surface area contributed by atoms with Gasteiger partial charge in [-0.3, -0.25) is 4.99 Å². The highest BCUT2D eigenvalue weighted by atomic mass is 16.5. The molecular formula is C8H17N3O. The second-order valence-electron chi connectivity index (χ2n) is 2.97. The van der Waals surface area contributed by atoms with Crippen LogP contribution in [0.4, 0.5) is 0 Å². The average molecular weight is 171 g/mol. The van der Waals surface area contributed by atoms with Crippen molar-refractivity contribution in [1.82, 2.24) is 5.43 Å². The van der Waals surface area contributed by atoms with Crippen molar-refractivity contribution in [3.8, 4) is 0 Å². The molecule has 4 nitrogen and oxygen atoms in total. The fourth-order valence-corrected chi connectivity index (χ4v) is 1.70. The Kier molecular flexibility index (Phi) is 3.49. The molecule has 0 bridgehead atoms. The molecule has 1 aliphatic heterocycles. The first-order valence-electron chi connectivity index (χ1n) is 4.38. The van der Waals surface area contributed by atoms with E-state index in [0.717, 1.165) is 25.3 Å². The summed E-state index contributed by atoms with van der Waals surface area (Å²) in [5.41, 5.74) is 2.63. The minimum Gasteiger partial charge on any atom is -0.377 e. The Bertz CT molecular complexity index is 170. The van der Waals surface area contributed by atoms with Crippen LogP contribution in [0.2, 0.25) is 0 Å². The summed E-state index contributed by atoms with van der Waals surface area (Å²) in [5, 5.41) is 0. The molecule has 0 amide bonds. The summed E-state index contributed by atoms with van der Waals surface area (Å²) in [6.07, 6.45) is 2.33. The van der Waals surface area contributed by atoms with Gasteiger partial charge in [0.25, 0.3) is 0 Å². The molecule has 70 valence electrons. The van der Waals surface area contributed by atoms with Crippen LogP contribution in [-0.4, -0.2) is 25.6 Å². The Hall–Kier alpha value is -0.610. The van der Waals surface area contributed by atoms with Gasteiger partial charge in [0.05, 0.1) is 6.10 Å². The average Bonchev–Trinajstić information content (AvgIpc) is 2.55. The first-order chi connectivity index (χ1) is 5.83. The van der Waals surface area contributed by atoms with E-state index >= 15 is 0 Å². The van der Waals surface area contributed by atoms with Gasteiger partial charge < -0.3 is 10.2 Å². The zero-order valence-electron chi connectivity index (χ0n) is 7.71. The zero-order chi connectivity index (χ0) is 8.97. The Balaban J connectivity index is 2.60. The number of amidine groups is 1. The van der Waals surface area contributed by atoms with Crippen molar-refractivity contribution in [3.05, 3.63) is 0 Å². The van der Waals surface area contributed by atoms with Gasteiger partial charge in [-0.05, 0) is 12.8 Å². The standard InChI is InChI=1S/C8H17N3O/c1-3-7-6(4-5-12-7)8(10-2)11-9/h6-7H,3-5,9H2,1-2H3,(H,10,11). The van der Waals surface area contributed by atoms with Crippen LogP contribution in [0.25, 0.3) is 0 Å². The molecule has 12 heavy (non-hydrogen) atoms. The number of ether oxygens (including phenoxy) is 1. The van der Waals surface area contributed by atoms with E-state index in [2.05, 4.69) is 17.3 Å². The summed E-state index contributed by atoms with van der Waals surface area (Å²) in [4.78, 5) is 4.09. The molecule has 0 saturated carbocycles. The van der Waals surface area contributed by atoms with Crippen molar-refractivity contribution in [2.24, 2.45) is 16.8 Å². The number of rotatable bonds is 2. The molecule has 2 atom stereocenters. The Morgan fingerprint density at radius 2 is 2.50 bits per heavy atom. The maximum Gasteiger partial charge on any atom is 0.116 e. The van der Waals surface area contributed by atoms with Crippen molar-refractivity contribution in [3.63, 3.8) is 0 Å². The number of nitrogens with two attached hydrogens (primary N) is 1. The third kappa shape index (κ3) is 1.76. The van der Waals surface area contributed by atoms with Crippen LogP contribution < -0.4 is 11.3 Å². The number of hydrogen-bond donors (Lipinski definition) is 2. The third-order valence-electron chi connectivity index (χ3n) is 2.35.